The molecule has 0 fully saturated rings. The van der Waals surface area contributed by atoms with E-state index in [0.29, 0.717) is 23.9 Å². The summed E-state index contributed by atoms with van der Waals surface area (Å²) in [6.07, 6.45) is 58.3. The average molecular weight is 884 g/mol. The minimum atomic E-state index is -4.65. The Balaban J connectivity index is 4.43. The van der Waals surface area contributed by atoms with Gasteiger partial charge in [0.25, 0.3) is 7.82 Å². The molecule has 2 atom stereocenters. The molecule has 10 heteroatoms. The van der Waals surface area contributed by atoms with Crippen LogP contribution in [-0.4, -0.2) is 70.0 Å². The van der Waals surface area contributed by atoms with Crippen LogP contribution in [-0.2, 0) is 32.7 Å². The normalized spacial score (nSPS) is 14.5. The number of nitrogens with zero attached hydrogens (tertiary/aromatic N) is 1. The van der Waals surface area contributed by atoms with Crippen molar-refractivity contribution in [3.8, 4) is 0 Å². The maximum Gasteiger partial charge on any atom is 0.306 e. The molecular formula is C52H86NO8P. The Morgan fingerprint density at radius 3 is 1.31 bits per heavy atom. The molecular weight excluding hydrogens is 798 g/mol. The number of esters is 2. The Morgan fingerprint density at radius 2 is 0.871 bits per heavy atom. The van der Waals surface area contributed by atoms with Crippen LogP contribution >= 0.6 is 7.82 Å². The number of carbonyl (C=O) groups excluding carboxylic acids is 2. The van der Waals surface area contributed by atoms with Crippen LogP contribution in [0.3, 0.4) is 0 Å². The standard InChI is InChI=1S/C52H86NO8P/c1-6-8-10-12-14-16-18-20-22-24-26-28-30-32-34-36-38-40-42-44-51(54)58-48-50(49-60-62(56,57)59-47-46-53(3,4)5)61-52(55)45-43-41-39-37-35-33-31-29-27-25-23-21-19-17-15-13-11-9-7-2/h8-11,14-17,20-23,26-29,33,35,50H,6-7,12-13,18-19,24-25,30-32,34,36-49H2,1-5H3/b10-8-,11-9-,16-14-,17-15-,22-20-,23-21-,28-26-,29-27-,35-33-. The lowest BCUT2D eigenvalue weighted by Crippen LogP contribution is -2.37. The van der Waals surface area contributed by atoms with Crippen LogP contribution in [0.2, 0.25) is 0 Å². The van der Waals surface area contributed by atoms with Crippen LogP contribution in [0.5, 0.6) is 0 Å². The SMILES string of the molecule is CC/C=C\C/C=C\C/C=C\C/C=C\C/C=C\CCCCCC(=O)OC(COC(=O)CCCCCCCC/C=C\C/C=C\C/C=C\C/C=C\CC)COP(=O)([O-])OCC[N+](C)(C)C. The second-order valence-electron chi connectivity index (χ2n) is 16.4. The van der Waals surface area contributed by atoms with E-state index in [9.17, 15) is 19.0 Å². The summed E-state index contributed by atoms with van der Waals surface area (Å²) < 4.78 is 33.9. The maximum absolute atomic E-state index is 12.7. The molecule has 0 saturated heterocycles. The minimum Gasteiger partial charge on any atom is -0.756 e. The largest absolute Gasteiger partial charge is 0.756 e. The molecule has 62 heavy (non-hydrogen) atoms. The van der Waals surface area contributed by atoms with Crippen molar-refractivity contribution in [2.45, 2.75) is 161 Å². The summed E-state index contributed by atoms with van der Waals surface area (Å²) in [5.74, 6) is -0.900. The molecule has 0 heterocycles. The van der Waals surface area contributed by atoms with Crippen molar-refractivity contribution in [3.05, 3.63) is 109 Å². The molecule has 0 bridgehead atoms. The monoisotopic (exact) mass is 884 g/mol. The topological polar surface area (TPSA) is 111 Å². The molecule has 0 N–H and O–H groups in total. The maximum atomic E-state index is 12.7. The summed E-state index contributed by atoms with van der Waals surface area (Å²) in [6, 6.07) is 0. The number of likely N-dealkylation sites (N-methyl/N-ethyl adjacent to an activating group) is 1. The van der Waals surface area contributed by atoms with Gasteiger partial charge < -0.3 is 27.9 Å². The molecule has 352 valence electrons. The summed E-state index contributed by atoms with van der Waals surface area (Å²) in [6.45, 7) is 3.92. The first-order valence-corrected chi connectivity index (χ1v) is 25.1. The third-order valence-corrected chi connectivity index (χ3v) is 10.3. The molecule has 0 aliphatic carbocycles. The molecule has 0 radical (unpaired) electrons. The van der Waals surface area contributed by atoms with Crippen LogP contribution in [0.4, 0.5) is 0 Å². The van der Waals surface area contributed by atoms with Gasteiger partial charge in [-0.2, -0.15) is 0 Å². The van der Waals surface area contributed by atoms with Crippen molar-refractivity contribution in [1.82, 2.24) is 0 Å². The highest BCUT2D eigenvalue weighted by molar-refractivity contribution is 7.45. The molecule has 9 nitrogen and oxygen atoms in total. The first-order valence-electron chi connectivity index (χ1n) is 23.6. The molecule has 2 unspecified atom stereocenters. The lowest BCUT2D eigenvalue weighted by Gasteiger charge is -2.28. The summed E-state index contributed by atoms with van der Waals surface area (Å²) in [7, 11) is 1.11. The van der Waals surface area contributed by atoms with Gasteiger partial charge in [0.2, 0.25) is 0 Å². The van der Waals surface area contributed by atoms with E-state index in [1.54, 1.807) is 0 Å². The summed E-state index contributed by atoms with van der Waals surface area (Å²) in [4.78, 5) is 37.6. The highest BCUT2D eigenvalue weighted by atomic mass is 31.2. The number of rotatable bonds is 41. The highest BCUT2D eigenvalue weighted by Gasteiger charge is 2.21. The van der Waals surface area contributed by atoms with Gasteiger partial charge in [-0.05, 0) is 96.3 Å². The van der Waals surface area contributed by atoms with E-state index in [2.05, 4.69) is 123 Å². The van der Waals surface area contributed by atoms with E-state index in [1.807, 2.05) is 21.1 Å². The van der Waals surface area contributed by atoms with Crippen LogP contribution in [0.1, 0.15) is 155 Å². The summed E-state index contributed by atoms with van der Waals surface area (Å²) in [5, 5.41) is 0. The number of hydrogen-bond acceptors (Lipinski definition) is 8. The minimum absolute atomic E-state index is 0.0470. The Hall–Kier alpha value is -3.33. The number of phosphoric acid groups is 1. The van der Waals surface area contributed by atoms with Gasteiger partial charge >= 0.3 is 11.9 Å². The zero-order valence-corrected chi connectivity index (χ0v) is 40.4. The number of quaternary nitrogens is 1. The van der Waals surface area contributed by atoms with E-state index in [0.717, 1.165) is 116 Å². The van der Waals surface area contributed by atoms with E-state index in [1.165, 1.54) is 0 Å². The molecule has 0 rings (SSSR count). The molecule has 0 aliphatic rings. The van der Waals surface area contributed by atoms with Gasteiger partial charge in [-0.15, -0.1) is 0 Å². The number of ether oxygens (including phenoxy) is 2. The second kappa shape index (κ2) is 42.9. The number of allylic oxidation sites excluding steroid dienone is 18. The van der Waals surface area contributed by atoms with Gasteiger partial charge in [-0.25, -0.2) is 0 Å². The van der Waals surface area contributed by atoms with Crippen molar-refractivity contribution in [1.29, 1.82) is 0 Å². The smallest absolute Gasteiger partial charge is 0.306 e. The zero-order valence-electron chi connectivity index (χ0n) is 39.5. The van der Waals surface area contributed by atoms with Gasteiger partial charge in [0.05, 0.1) is 27.7 Å². The van der Waals surface area contributed by atoms with Crippen molar-refractivity contribution in [2.75, 3.05) is 47.5 Å². The number of hydrogen-bond donors (Lipinski definition) is 0. The highest BCUT2D eigenvalue weighted by Crippen LogP contribution is 2.38. The van der Waals surface area contributed by atoms with Crippen LogP contribution in [0, 0.1) is 0 Å². The van der Waals surface area contributed by atoms with E-state index < -0.39 is 32.5 Å². The second-order valence-corrected chi connectivity index (χ2v) is 17.8. The average Bonchev–Trinajstić information content (AvgIpc) is 3.23. The lowest BCUT2D eigenvalue weighted by atomic mass is 10.1. The molecule has 0 spiro atoms. The molecule has 0 amide bonds. The Kier molecular flexibility index (Phi) is 40.6. The van der Waals surface area contributed by atoms with E-state index >= 15 is 0 Å². The molecule has 0 aromatic heterocycles. The predicted octanol–water partition coefficient (Wildman–Crippen LogP) is 13.3. The fourth-order valence-electron chi connectivity index (χ4n) is 5.67. The molecule has 0 aromatic rings. The molecule has 0 aliphatic heterocycles. The van der Waals surface area contributed by atoms with E-state index in [-0.39, 0.29) is 26.1 Å². The zero-order chi connectivity index (χ0) is 45.7. The van der Waals surface area contributed by atoms with Crippen molar-refractivity contribution >= 4 is 19.8 Å². The van der Waals surface area contributed by atoms with Crippen LogP contribution < -0.4 is 4.89 Å². The molecule has 0 aromatic carbocycles. The quantitative estimate of drug-likeness (QED) is 0.0196. The number of unbranched alkanes of at least 4 members (excludes halogenated alkanes) is 9. The summed E-state index contributed by atoms with van der Waals surface area (Å²) >= 11 is 0. The van der Waals surface area contributed by atoms with Gasteiger partial charge in [0.1, 0.15) is 19.8 Å². The molecule has 0 saturated carbocycles. The fraction of sp³-hybridized carbons (Fsp3) is 0.615. The predicted molar refractivity (Wildman–Crippen MR) is 258 cm³/mol. The number of carbonyl (C=O) groups is 2. The van der Waals surface area contributed by atoms with E-state index in [4.69, 9.17) is 18.5 Å². The van der Waals surface area contributed by atoms with Gasteiger partial charge in [-0.3, -0.25) is 14.2 Å². The van der Waals surface area contributed by atoms with Gasteiger partial charge in [-0.1, -0.05) is 155 Å². The van der Waals surface area contributed by atoms with Gasteiger partial charge in [0, 0.05) is 12.8 Å². The Labute approximate surface area is 378 Å². The van der Waals surface area contributed by atoms with Crippen molar-refractivity contribution in [3.63, 3.8) is 0 Å². The van der Waals surface area contributed by atoms with Gasteiger partial charge in [0.15, 0.2) is 6.10 Å². The lowest BCUT2D eigenvalue weighted by molar-refractivity contribution is -0.870. The Morgan fingerprint density at radius 1 is 0.500 bits per heavy atom. The van der Waals surface area contributed by atoms with Crippen molar-refractivity contribution < 1.29 is 42.1 Å². The first-order chi connectivity index (χ1) is 30.0. The fourth-order valence-corrected chi connectivity index (χ4v) is 6.40. The van der Waals surface area contributed by atoms with Crippen LogP contribution in [0.15, 0.2) is 109 Å². The Bertz CT molecular complexity index is 1420. The van der Waals surface area contributed by atoms with Crippen LogP contribution in [0.25, 0.3) is 0 Å². The first kappa shape index (κ1) is 58.7. The third-order valence-electron chi connectivity index (χ3n) is 9.29. The summed E-state index contributed by atoms with van der Waals surface area (Å²) in [5.41, 5.74) is 0. The third kappa shape index (κ3) is 46.2. The van der Waals surface area contributed by atoms with Crippen molar-refractivity contribution in [2.24, 2.45) is 0 Å². The number of phosphoric ester groups is 1.